The molecule has 84 valence electrons. The summed E-state index contributed by atoms with van der Waals surface area (Å²) in [4.78, 5) is 0. The van der Waals surface area contributed by atoms with Crippen LogP contribution in [-0.4, -0.2) is 20.1 Å². The third-order valence-corrected chi connectivity index (χ3v) is 2.05. The lowest BCUT2D eigenvalue weighted by molar-refractivity contribution is 0.145. The minimum atomic E-state index is -2.32. The van der Waals surface area contributed by atoms with Gasteiger partial charge in [0.2, 0.25) is 0 Å². The summed E-state index contributed by atoms with van der Waals surface area (Å²) in [6.45, 7) is 2.06. The molecule has 15 heavy (non-hydrogen) atoms. The summed E-state index contributed by atoms with van der Waals surface area (Å²) in [6, 6.07) is 5.70. The van der Waals surface area contributed by atoms with Crippen molar-refractivity contribution in [3.63, 3.8) is 0 Å². The normalized spacial score (nSPS) is 10.7. The first-order valence-corrected chi connectivity index (χ1v) is 4.76. The topological polar surface area (TPSA) is 21.3 Å². The van der Waals surface area contributed by atoms with Crippen LogP contribution in [0.4, 0.5) is 8.78 Å². The van der Waals surface area contributed by atoms with Crippen LogP contribution >= 0.6 is 0 Å². The highest BCUT2D eigenvalue weighted by Crippen LogP contribution is 2.19. The summed E-state index contributed by atoms with van der Waals surface area (Å²) in [7, 11) is 1.57. The van der Waals surface area contributed by atoms with E-state index in [1.54, 1.807) is 7.11 Å². The maximum atomic E-state index is 11.9. The second-order valence-electron chi connectivity index (χ2n) is 3.34. The van der Waals surface area contributed by atoms with E-state index in [2.05, 4.69) is 5.32 Å². The summed E-state index contributed by atoms with van der Waals surface area (Å²) < 4.78 is 28.9. The van der Waals surface area contributed by atoms with Gasteiger partial charge in [-0.25, -0.2) is 8.78 Å². The Morgan fingerprint density at radius 2 is 2.13 bits per heavy atom. The Hall–Kier alpha value is -1.16. The maximum absolute atomic E-state index is 11.9. The minimum Gasteiger partial charge on any atom is -0.496 e. The molecule has 0 saturated carbocycles. The van der Waals surface area contributed by atoms with Gasteiger partial charge in [-0.2, -0.15) is 0 Å². The van der Waals surface area contributed by atoms with E-state index in [9.17, 15) is 8.78 Å². The highest BCUT2D eigenvalue weighted by atomic mass is 19.3. The zero-order chi connectivity index (χ0) is 11.3. The molecule has 0 aliphatic heterocycles. The van der Waals surface area contributed by atoms with Crippen LogP contribution in [0.1, 0.15) is 11.1 Å². The predicted octanol–water partition coefficient (Wildman–Crippen LogP) is 2.36. The SMILES string of the molecule is COc1ccc(C)cc1CNCC(F)F. The van der Waals surface area contributed by atoms with Crippen molar-refractivity contribution in [1.29, 1.82) is 0 Å². The molecule has 0 aliphatic rings. The highest BCUT2D eigenvalue weighted by Gasteiger charge is 2.05. The van der Waals surface area contributed by atoms with Crippen LogP contribution in [0.15, 0.2) is 18.2 Å². The minimum absolute atomic E-state index is 0.295. The Morgan fingerprint density at radius 1 is 1.40 bits per heavy atom. The molecule has 0 aliphatic carbocycles. The summed E-state index contributed by atoms with van der Waals surface area (Å²) in [5.74, 6) is 0.724. The molecule has 2 nitrogen and oxygen atoms in total. The molecule has 0 spiro atoms. The zero-order valence-corrected chi connectivity index (χ0v) is 8.89. The number of nitrogens with one attached hydrogen (secondary N) is 1. The fourth-order valence-electron chi connectivity index (χ4n) is 1.36. The first-order chi connectivity index (χ1) is 7.13. The molecule has 0 radical (unpaired) electrons. The molecule has 4 heteroatoms. The zero-order valence-electron chi connectivity index (χ0n) is 8.89. The van der Waals surface area contributed by atoms with Crippen molar-refractivity contribution in [2.24, 2.45) is 0 Å². The molecule has 0 atom stereocenters. The van der Waals surface area contributed by atoms with Crippen LogP contribution in [0.3, 0.4) is 0 Å². The Bertz CT molecular complexity index is 315. The number of aryl methyl sites for hydroxylation is 1. The molecule has 1 N–H and O–H groups in total. The van der Waals surface area contributed by atoms with Crippen molar-refractivity contribution in [2.45, 2.75) is 19.9 Å². The van der Waals surface area contributed by atoms with Gasteiger partial charge >= 0.3 is 0 Å². The summed E-state index contributed by atoms with van der Waals surface area (Å²) in [5.41, 5.74) is 1.99. The number of alkyl halides is 2. The molecular weight excluding hydrogens is 200 g/mol. The maximum Gasteiger partial charge on any atom is 0.250 e. The van der Waals surface area contributed by atoms with Crippen molar-refractivity contribution in [2.75, 3.05) is 13.7 Å². The molecule has 1 aromatic rings. The van der Waals surface area contributed by atoms with Gasteiger partial charge < -0.3 is 10.1 Å². The molecular formula is C11H15F2NO. The quantitative estimate of drug-likeness (QED) is 0.814. The van der Waals surface area contributed by atoms with Crippen LogP contribution in [0, 0.1) is 6.92 Å². The second kappa shape index (κ2) is 5.66. The average Bonchev–Trinajstić information content (AvgIpc) is 2.17. The van der Waals surface area contributed by atoms with Crippen molar-refractivity contribution >= 4 is 0 Å². The fourth-order valence-corrected chi connectivity index (χ4v) is 1.36. The van der Waals surface area contributed by atoms with Crippen LogP contribution < -0.4 is 10.1 Å². The Morgan fingerprint density at radius 3 is 2.73 bits per heavy atom. The third-order valence-electron chi connectivity index (χ3n) is 2.05. The number of halogens is 2. The van der Waals surface area contributed by atoms with Crippen LogP contribution in [-0.2, 0) is 6.54 Å². The molecule has 0 unspecified atom stereocenters. The molecule has 0 fully saturated rings. The van der Waals surface area contributed by atoms with E-state index in [1.807, 2.05) is 25.1 Å². The molecule has 0 saturated heterocycles. The monoisotopic (exact) mass is 215 g/mol. The first-order valence-electron chi connectivity index (χ1n) is 4.76. The number of hydrogen-bond acceptors (Lipinski definition) is 2. The van der Waals surface area contributed by atoms with Gasteiger partial charge in [-0.05, 0) is 13.0 Å². The van der Waals surface area contributed by atoms with Crippen LogP contribution in [0.2, 0.25) is 0 Å². The lowest BCUT2D eigenvalue weighted by Crippen LogP contribution is -2.20. The van der Waals surface area contributed by atoms with E-state index in [-0.39, 0.29) is 6.54 Å². The highest BCUT2D eigenvalue weighted by molar-refractivity contribution is 5.36. The van der Waals surface area contributed by atoms with E-state index in [4.69, 9.17) is 4.74 Å². The van der Waals surface area contributed by atoms with Crippen LogP contribution in [0.25, 0.3) is 0 Å². The number of benzene rings is 1. The number of ether oxygens (including phenoxy) is 1. The van der Waals surface area contributed by atoms with E-state index < -0.39 is 6.43 Å². The molecule has 0 heterocycles. The molecule has 1 rings (SSSR count). The van der Waals surface area contributed by atoms with E-state index in [0.717, 1.165) is 16.9 Å². The largest absolute Gasteiger partial charge is 0.496 e. The van der Waals surface area contributed by atoms with Crippen molar-refractivity contribution in [3.8, 4) is 5.75 Å². The van der Waals surface area contributed by atoms with Crippen molar-refractivity contribution in [3.05, 3.63) is 29.3 Å². The van der Waals surface area contributed by atoms with Gasteiger partial charge in [0, 0.05) is 12.1 Å². The van der Waals surface area contributed by atoms with E-state index in [1.165, 1.54) is 0 Å². The van der Waals surface area contributed by atoms with Gasteiger partial charge in [0.25, 0.3) is 6.43 Å². The Balaban J connectivity index is 2.62. The van der Waals surface area contributed by atoms with Crippen molar-refractivity contribution in [1.82, 2.24) is 5.32 Å². The van der Waals surface area contributed by atoms with Gasteiger partial charge in [-0.3, -0.25) is 0 Å². The number of rotatable bonds is 5. The van der Waals surface area contributed by atoms with E-state index >= 15 is 0 Å². The molecule has 0 bridgehead atoms. The average molecular weight is 215 g/mol. The number of methoxy groups -OCH3 is 1. The fraction of sp³-hybridized carbons (Fsp3) is 0.455. The Labute approximate surface area is 88.3 Å². The van der Waals surface area contributed by atoms with Crippen molar-refractivity contribution < 1.29 is 13.5 Å². The van der Waals surface area contributed by atoms with Crippen LogP contribution in [0.5, 0.6) is 5.75 Å². The summed E-state index contributed by atoms with van der Waals surface area (Å²) >= 11 is 0. The predicted molar refractivity (Wildman–Crippen MR) is 55.4 cm³/mol. The van der Waals surface area contributed by atoms with E-state index in [0.29, 0.717) is 6.54 Å². The lowest BCUT2D eigenvalue weighted by atomic mass is 10.1. The lowest BCUT2D eigenvalue weighted by Gasteiger charge is -2.10. The third kappa shape index (κ3) is 3.83. The standard InChI is InChI=1S/C11H15F2NO/c1-8-3-4-10(15-2)9(5-8)6-14-7-11(12)13/h3-5,11,14H,6-7H2,1-2H3. The van der Waals surface area contributed by atoms with Gasteiger partial charge in [0.15, 0.2) is 0 Å². The van der Waals surface area contributed by atoms with Gasteiger partial charge in [0.05, 0.1) is 13.7 Å². The number of hydrogen-bond donors (Lipinski definition) is 1. The summed E-state index contributed by atoms with van der Waals surface area (Å²) in [5, 5.41) is 2.67. The smallest absolute Gasteiger partial charge is 0.250 e. The Kier molecular flexibility index (Phi) is 4.49. The van der Waals surface area contributed by atoms with Gasteiger partial charge in [-0.1, -0.05) is 17.7 Å². The van der Waals surface area contributed by atoms with Gasteiger partial charge in [-0.15, -0.1) is 0 Å². The molecule has 0 amide bonds. The molecule has 0 aromatic heterocycles. The molecule has 1 aromatic carbocycles. The second-order valence-corrected chi connectivity index (χ2v) is 3.34. The first kappa shape index (κ1) is 11.9. The summed E-state index contributed by atoms with van der Waals surface area (Å²) in [6.07, 6.45) is -2.32. The van der Waals surface area contributed by atoms with Gasteiger partial charge in [0.1, 0.15) is 5.75 Å².